The molecule has 0 aliphatic heterocycles. The topological polar surface area (TPSA) is 46.3 Å². The molecule has 2 N–H and O–H groups in total. The number of carbonyl (C=O) groups is 1. The lowest BCUT2D eigenvalue weighted by molar-refractivity contribution is 0.0690. The van der Waals surface area contributed by atoms with Gasteiger partial charge in [-0.1, -0.05) is 37.3 Å². The van der Waals surface area contributed by atoms with Crippen molar-refractivity contribution in [2.24, 2.45) is 5.92 Å². The van der Waals surface area contributed by atoms with Crippen molar-refractivity contribution in [1.29, 1.82) is 0 Å². The van der Waals surface area contributed by atoms with Crippen molar-refractivity contribution in [3.8, 4) is 0 Å². The smallest absolute Gasteiger partial charge is 0.254 e. The number of amides is 1. The molecule has 3 nitrogen and oxygen atoms in total. The van der Waals surface area contributed by atoms with Gasteiger partial charge in [0.25, 0.3) is 5.91 Å². The highest BCUT2D eigenvalue weighted by atomic mass is 16.2. The predicted molar refractivity (Wildman–Crippen MR) is 84.8 cm³/mol. The van der Waals surface area contributed by atoms with Gasteiger partial charge in [-0.25, -0.2) is 0 Å². The van der Waals surface area contributed by atoms with Crippen LogP contribution >= 0.6 is 0 Å². The third-order valence-electron chi connectivity index (χ3n) is 4.61. The predicted octanol–water partition coefficient (Wildman–Crippen LogP) is 3.28. The summed E-state index contributed by atoms with van der Waals surface area (Å²) >= 11 is 0. The van der Waals surface area contributed by atoms with Crippen LogP contribution in [0.25, 0.3) is 0 Å². The Kier molecular flexibility index (Phi) is 3.20. The molecule has 1 fully saturated rings. The molecule has 2 atom stereocenters. The van der Waals surface area contributed by atoms with Crippen molar-refractivity contribution in [1.82, 2.24) is 4.90 Å². The summed E-state index contributed by atoms with van der Waals surface area (Å²) in [4.78, 5) is 14.6. The van der Waals surface area contributed by atoms with Crippen LogP contribution in [-0.4, -0.2) is 17.9 Å². The summed E-state index contributed by atoms with van der Waals surface area (Å²) in [6.07, 6.45) is 1.01. The number of hydrogen-bond donors (Lipinski definition) is 1. The van der Waals surface area contributed by atoms with Gasteiger partial charge in [0.2, 0.25) is 0 Å². The molecule has 0 bridgehead atoms. The van der Waals surface area contributed by atoms with Crippen molar-refractivity contribution in [2.75, 3.05) is 12.8 Å². The first-order valence-corrected chi connectivity index (χ1v) is 7.25. The highest BCUT2D eigenvalue weighted by Crippen LogP contribution is 2.56. The number of rotatable bonds is 3. The first-order valence-electron chi connectivity index (χ1n) is 7.25. The highest BCUT2D eigenvalue weighted by molar-refractivity contribution is 5.95. The van der Waals surface area contributed by atoms with E-state index in [0.29, 0.717) is 17.2 Å². The Morgan fingerprint density at radius 2 is 1.71 bits per heavy atom. The number of hydrogen-bond acceptors (Lipinski definition) is 2. The van der Waals surface area contributed by atoms with E-state index in [0.717, 1.165) is 6.42 Å². The Labute approximate surface area is 125 Å². The van der Waals surface area contributed by atoms with Crippen LogP contribution in [0.1, 0.15) is 29.3 Å². The third-order valence-corrected chi connectivity index (χ3v) is 4.61. The first-order chi connectivity index (χ1) is 10.1. The summed E-state index contributed by atoms with van der Waals surface area (Å²) in [5, 5.41) is 0. The van der Waals surface area contributed by atoms with E-state index in [4.69, 9.17) is 5.73 Å². The molecular weight excluding hydrogens is 260 g/mol. The van der Waals surface area contributed by atoms with Gasteiger partial charge in [-0.15, -0.1) is 0 Å². The molecule has 1 amide bonds. The normalized spacial score (nSPS) is 23.6. The Hall–Kier alpha value is -2.29. The number of benzene rings is 2. The zero-order valence-electron chi connectivity index (χ0n) is 12.4. The van der Waals surface area contributed by atoms with Crippen molar-refractivity contribution in [3.05, 3.63) is 65.7 Å². The molecule has 0 saturated heterocycles. The largest absolute Gasteiger partial charge is 0.399 e. The van der Waals surface area contributed by atoms with Gasteiger partial charge in [0.1, 0.15) is 0 Å². The van der Waals surface area contributed by atoms with Crippen LogP contribution in [0, 0.1) is 5.92 Å². The Bertz CT molecular complexity index is 651. The van der Waals surface area contributed by atoms with Gasteiger partial charge >= 0.3 is 0 Å². The van der Waals surface area contributed by atoms with Crippen LogP contribution in [0.4, 0.5) is 5.69 Å². The van der Waals surface area contributed by atoms with Gasteiger partial charge in [0.15, 0.2) is 0 Å². The summed E-state index contributed by atoms with van der Waals surface area (Å²) in [6.45, 7) is 2.19. The second-order valence-corrected chi connectivity index (χ2v) is 5.88. The van der Waals surface area contributed by atoms with Crippen molar-refractivity contribution in [2.45, 2.75) is 18.9 Å². The minimum Gasteiger partial charge on any atom is -0.399 e. The Morgan fingerprint density at radius 3 is 2.24 bits per heavy atom. The van der Waals surface area contributed by atoms with Crippen LogP contribution in [-0.2, 0) is 5.54 Å². The molecular formula is C18H20N2O. The molecule has 0 heterocycles. The SMILES string of the molecule is CC1CC1(c1ccccc1)N(C)C(=O)c1ccc(N)cc1. The third kappa shape index (κ3) is 2.19. The number of nitrogen functional groups attached to an aromatic ring is 1. The maximum Gasteiger partial charge on any atom is 0.254 e. The molecule has 3 rings (SSSR count). The fourth-order valence-corrected chi connectivity index (χ4v) is 3.20. The van der Waals surface area contributed by atoms with E-state index in [1.165, 1.54) is 5.56 Å². The van der Waals surface area contributed by atoms with Crippen LogP contribution in [0.5, 0.6) is 0 Å². The van der Waals surface area contributed by atoms with Gasteiger partial charge in [-0.2, -0.15) is 0 Å². The number of anilines is 1. The molecule has 1 saturated carbocycles. The van der Waals surface area contributed by atoms with Crippen molar-refractivity contribution >= 4 is 11.6 Å². The zero-order valence-corrected chi connectivity index (χ0v) is 12.4. The molecule has 1 aliphatic rings. The van der Waals surface area contributed by atoms with E-state index in [-0.39, 0.29) is 11.4 Å². The molecule has 2 aromatic rings. The van der Waals surface area contributed by atoms with Crippen LogP contribution < -0.4 is 5.73 Å². The van der Waals surface area contributed by atoms with Gasteiger partial charge in [-0.3, -0.25) is 4.79 Å². The molecule has 108 valence electrons. The first kappa shape index (κ1) is 13.7. The second kappa shape index (κ2) is 4.92. The molecule has 2 aromatic carbocycles. The molecule has 2 unspecified atom stereocenters. The van der Waals surface area contributed by atoms with Gasteiger partial charge in [0, 0.05) is 18.3 Å². The van der Waals surface area contributed by atoms with Gasteiger partial charge < -0.3 is 10.6 Å². The lowest BCUT2D eigenvalue weighted by atomic mass is 10.00. The van der Waals surface area contributed by atoms with E-state index < -0.39 is 0 Å². The van der Waals surface area contributed by atoms with Crippen LogP contribution in [0.2, 0.25) is 0 Å². The fraction of sp³-hybridized carbons (Fsp3) is 0.278. The minimum atomic E-state index is -0.167. The fourth-order valence-electron chi connectivity index (χ4n) is 3.20. The van der Waals surface area contributed by atoms with E-state index in [9.17, 15) is 4.79 Å². The van der Waals surface area contributed by atoms with Crippen molar-refractivity contribution < 1.29 is 4.79 Å². The standard InChI is InChI=1S/C18H20N2O/c1-13-12-18(13,15-6-4-3-5-7-15)20(2)17(21)14-8-10-16(19)11-9-14/h3-11,13H,12,19H2,1-2H3. The lowest BCUT2D eigenvalue weighted by Crippen LogP contribution is -2.38. The van der Waals surface area contributed by atoms with Crippen LogP contribution in [0.15, 0.2) is 54.6 Å². The average Bonchev–Trinajstić information content (AvgIpc) is 3.20. The monoisotopic (exact) mass is 280 g/mol. The average molecular weight is 280 g/mol. The summed E-state index contributed by atoms with van der Waals surface area (Å²) in [5.74, 6) is 0.519. The molecule has 1 aliphatic carbocycles. The molecule has 0 spiro atoms. The molecule has 0 aromatic heterocycles. The lowest BCUT2D eigenvalue weighted by Gasteiger charge is -2.30. The highest BCUT2D eigenvalue weighted by Gasteiger charge is 2.57. The Morgan fingerprint density at radius 1 is 1.14 bits per heavy atom. The number of carbonyl (C=O) groups excluding carboxylic acids is 1. The summed E-state index contributed by atoms with van der Waals surface area (Å²) in [7, 11) is 1.90. The molecule has 21 heavy (non-hydrogen) atoms. The number of nitrogens with zero attached hydrogens (tertiary/aromatic N) is 1. The Balaban J connectivity index is 1.92. The van der Waals surface area contributed by atoms with Crippen molar-refractivity contribution in [3.63, 3.8) is 0 Å². The molecule has 3 heteroatoms. The summed E-state index contributed by atoms with van der Waals surface area (Å²) in [5.41, 5.74) is 8.09. The van der Waals surface area contributed by atoms with Gasteiger partial charge in [-0.05, 0) is 42.2 Å². The van der Waals surface area contributed by atoms with E-state index in [1.807, 2.05) is 30.1 Å². The van der Waals surface area contributed by atoms with Crippen LogP contribution in [0.3, 0.4) is 0 Å². The quantitative estimate of drug-likeness (QED) is 0.877. The van der Waals surface area contributed by atoms with Gasteiger partial charge in [0.05, 0.1) is 5.54 Å². The number of nitrogens with two attached hydrogens (primary N) is 1. The summed E-state index contributed by atoms with van der Waals surface area (Å²) in [6, 6.07) is 17.4. The van der Waals surface area contributed by atoms with E-state index in [2.05, 4.69) is 19.1 Å². The minimum absolute atomic E-state index is 0.0446. The maximum absolute atomic E-state index is 12.7. The van der Waals surface area contributed by atoms with E-state index >= 15 is 0 Å². The van der Waals surface area contributed by atoms with E-state index in [1.54, 1.807) is 24.3 Å². The summed E-state index contributed by atoms with van der Waals surface area (Å²) < 4.78 is 0. The maximum atomic E-state index is 12.7. The zero-order chi connectivity index (χ0) is 15.0. The second-order valence-electron chi connectivity index (χ2n) is 5.88. The molecule has 0 radical (unpaired) electrons.